The number of nitrogens with one attached hydrogen (secondary N) is 3. The first-order valence-electron chi connectivity index (χ1n) is 9.80. The lowest BCUT2D eigenvalue weighted by molar-refractivity contribution is -0.120. The molecule has 1 saturated heterocycles. The Kier molecular flexibility index (Phi) is 9.59. The molecule has 1 fully saturated rings. The van der Waals surface area contributed by atoms with Gasteiger partial charge >= 0.3 is 0 Å². The molecular formula is C22H28IN5O2. The van der Waals surface area contributed by atoms with Crippen LogP contribution < -0.4 is 20.9 Å². The molecule has 0 bridgehead atoms. The summed E-state index contributed by atoms with van der Waals surface area (Å²) in [6, 6.07) is 17.7. The number of amides is 2. The zero-order chi connectivity index (χ0) is 20.5. The van der Waals surface area contributed by atoms with Gasteiger partial charge in [-0.3, -0.25) is 14.6 Å². The number of anilines is 1. The molecule has 0 atom stereocenters. The lowest BCUT2D eigenvalue weighted by Gasteiger charge is -2.16. The summed E-state index contributed by atoms with van der Waals surface area (Å²) in [4.78, 5) is 29.8. The summed E-state index contributed by atoms with van der Waals surface area (Å²) < 4.78 is 0. The minimum Gasteiger partial charge on any atom is -0.352 e. The predicted octanol–water partition coefficient (Wildman–Crippen LogP) is 2.41. The van der Waals surface area contributed by atoms with Gasteiger partial charge in [0.25, 0.3) is 0 Å². The zero-order valence-electron chi connectivity index (χ0n) is 17.1. The summed E-state index contributed by atoms with van der Waals surface area (Å²) in [5.41, 5.74) is 3.06. The molecule has 1 aliphatic heterocycles. The van der Waals surface area contributed by atoms with Crippen LogP contribution in [0.25, 0.3) is 0 Å². The summed E-state index contributed by atoms with van der Waals surface area (Å²) in [5, 5.41) is 9.07. The van der Waals surface area contributed by atoms with Crippen LogP contribution in [0, 0.1) is 0 Å². The van der Waals surface area contributed by atoms with Crippen molar-refractivity contribution in [3.8, 4) is 0 Å². The molecule has 2 aromatic rings. The standard InChI is InChI=1S/C22H27N5O2.HI/c1-23-22(26-16-20(28)24-14-17-6-3-2-4-7-17)25-15-18-9-11-19(12-10-18)27-13-5-8-21(27)29;/h2-4,6-7,9-12H,5,8,13-16H2,1H3,(H,24,28)(H2,23,25,26);1H. The number of guanidine groups is 1. The quantitative estimate of drug-likeness (QED) is 0.297. The zero-order valence-corrected chi connectivity index (χ0v) is 19.4. The number of rotatable bonds is 7. The number of carbonyl (C=O) groups is 2. The third kappa shape index (κ3) is 7.01. The van der Waals surface area contributed by atoms with Crippen LogP contribution in [-0.2, 0) is 22.7 Å². The van der Waals surface area contributed by atoms with Crippen molar-refractivity contribution >= 4 is 47.4 Å². The van der Waals surface area contributed by atoms with Crippen LogP contribution in [0.4, 0.5) is 5.69 Å². The number of halogens is 1. The molecule has 3 rings (SSSR count). The molecule has 1 aliphatic rings. The summed E-state index contributed by atoms with van der Waals surface area (Å²) >= 11 is 0. The van der Waals surface area contributed by atoms with Crippen LogP contribution in [0.5, 0.6) is 0 Å². The second kappa shape index (κ2) is 12.2. The Morgan fingerprint density at radius 3 is 2.27 bits per heavy atom. The van der Waals surface area contributed by atoms with Crippen molar-refractivity contribution in [3.05, 3.63) is 65.7 Å². The maximum absolute atomic E-state index is 12.0. The Hall–Kier alpha value is -2.62. The molecule has 2 aromatic carbocycles. The van der Waals surface area contributed by atoms with Gasteiger partial charge in [0, 0.05) is 38.8 Å². The van der Waals surface area contributed by atoms with E-state index in [0.29, 0.717) is 25.5 Å². The number of benzene rings is 2. The van der Waals surface area contributed by atoms with E-state index in [1.807, 2.05) is 59.5 Å². The molecule has 0 radical (unpaired) electrons. The van der Waals surface area contributed by atoms with Crippen molar-refractivity contribution in [3.63, 3.8) is 0 Å². The van der Waals surface area contributed by atoms with Gasteiger partial charge in [-0.05, 0) is 29.7 Å². The van der Waals surface area contributed by atoms with Crippen molar-refractivity contribution < 1.29 is 9.59 Å². The van der Waals surface area contributed by atoms with E-state index in [4.69, 9.17) is 0 Å². The van der Waals surface area contributed by atoms with Gasteiger partial charge in [0.1, 0.15) is 0 Å². The first-order valence-corrected chi connectivity index (χ1v) is 9.80. The third-order valence-corrected chi connectivity index (χ3v) is 4.75. The van der Waals surface area contributed by atoms with E-state index in [2.05, 4.69) is 20.9 Å². The van der Waals surface area contributed by atoms with Gasteiger partial charge < -0.3 is 20.9 Å². The van der Waals surface area contributed by atoms with Gasteiger partial charge in [-0.2, -0.15) is 0 Å². The average molecular weight is 521 g/mol. The molecule has 0 unspecified atom stereocenters. The fraction of sp³-hybridized carbons (Fsp3) is 0.318. The van der Waals surface area contributed by atoms with Crippen LogP contribution in [0.2, 0.25) is 0 Å². The van der Waals surface area contributed by atoms with E-state index in [1.165, 1.54) is 0 Å². The summed E-state index contributed by atoms with van der Waals surface area (Å²) in [6.07, 6.45) is 1.55. The van der Waals surface area contributed by atoms with Crippen LogP contribution >= 0.6 is 24.0 Å². The van der Waals surface area contributed by atoms with E-state index in [-0.39, 0.29) is 42.3 Å². The number of carbonyl (C=O) groups excluding carboxylic acids is 2. The molecule has 3 N–H and O–H groups in total. The van der Waals surface area contributed by atoms with Gasteiger partial charge in [0.05, 0.1) is 6.54 Å². The molecule has 30 heavy (non-hydrogen) atoms. The predicted molar refractivity (Wildman–Crippen MR) is 130 cm³/mol. The average Bonchev–Trinajstić information content (AvgIpc) is 3.19. The molecule has 2 amide bonds. The van der Waals surface area contributed by atoms with E-state index in [0.717, 1.165) is 29.8 Å². The van der Waals surface area contributed by atoms with Gasteiger partial charge in [0.2, 0.25) is 11.8 Å². The molecular weight excluding hydrogens is 493 g/mol. The second-order valence-corrected chi connectivity index (χ2v) is 6.86. The Morgan fingerprint density at radius 2 is 1.63 bits per heavy atom. The Morgan fingerprint density at radius 1 is 0.967 bits per heavy atom. The van der Waals surface area contributed by atoms with E-state index < -0.39 is 0 Å². The number of nitrogens with zero attached hydrogens (tertiary/aromatic N) is 2. The summed E-state index contributed by atoms with van der Waals surface area (Å²) in [6.45, 7) is 2.00. The van der Waals surface area contributed by atoms with Crippen molar-refractivity contribution in [1.82, 2.24) is 16.0 Å². The van der Waals surface area contributed by atoms with E-state index >= 15 is 0 Å². The van der Waals surface area contributed by atoms with Crippen LogP contribution in [0.3, 0.4) is 0 Å². The highest BCUT2D eigenvalue weighted by molar-refractivity contribution is 14.0. The monoisotopic (exact) mass is 521 g/mol. The molecule has 0 spiro atoms. The Balaban J connectivity index is 0.00000320. The minimum atomic E-state index is -0.101. The topological polar surface area (TPSA) is 85.8 Å². The SMILES string of the molecule is CN=C(NCC(=O)NCc1ccccc1)NCc1ccc(N2CCCC2=O)cc1.I. The smallest absolute Gasteiger partial charge is 0.239 e. The highest BCUT2D eigenvalue weighted by atomic mass is 127. The highest BCUT2D eigenvalue weighted by Crippen LogP contribution is 2.21. The van der Waals surface area contributed by atoms with Gasteiger partial charge in [-0.1, -0.05) is 42.5 Å². The van der Waals surface area contributed by atoms with Crippen LogP contribution in [0.1, 0.15) is 24.0 Å². The minimum absolute atomic E-state index is 0. The second-order valence-electron chi connectivity index (χ2n) is 6.86. The number of hydrogen-bond acceptors (Lipinski definition) is 3. The van der Waals surface area contributed by atoms with Crippen LogP contribution in [-0.4, -0.2) is 37.9 Å². The molecule has 0 aromatic heterocycles. The van der Waals surface area contributed by atoms with Crippen molar-refractivity contribution in [1.29, 1.82) is 0 Å². The van der Waals surface area contributed by atoms with Crippen molar-refractivity contribution in [2.45, 2.75) is 25.9 Å². The summed E-state index contributed by atoms with van der Waals surface area (Å²) in [7, 11) is 1.67. The highest BCUT2D eigenvalue weighted by Gasteiger charge is 2.21. The maximum atomic E-state index is 12.0. The van der Waals surface area contributed by atoms with E-state index in [9.17, 15) is 9.59 Å². The maximum Gasteiger partial charge on any atom is 0.239 e. The number of hydrogen-bond donors (Lipinski definition) is 3. The molecule has 160 valence electrons. The third-order valence-electron chi connectivity index (χ3n) is 4.75. The van der Waals surface area contributed by atoms with Gasteiger partial charge in [0.15, 0.2) is 5.96 Å². The van der Waals surface area contributed by atoms with Crippen molar-refractivity contribution in [2.75, 3.05) is 25.0 Å². The Labute approximate surface area is 194 Å². The molecule has 7 nitrogen and oxygen atoms in total. The fourth-order valence-corrected chi connectivity index (χ4v) is 3.14. The summed E-state index contributed by atoms with van der Waals surface area (Å²) in [5.74, 6) is 0.640. The first-order chi connectivity index (χ1) is 14.2. The lowest BCUT2D eigenvalue weighted by Crippen LogP contribution is -2.42. The normalized spacial score (nSPS) is 13.6. The fourth-order valence-electron chi connectivity index (χ4n) is 3.14. The number of aliphatic imine (C=N–C) groups is 1. The van der Waals surface area contributed by atoms with Crippen LogP contribution in [0.15, 0.2) is 59.6 Å². The largest absolute Gasteiger partial charge is 0.352 e. The Bertz CT molecular complexity index is 856. The lowest BCUT2D eigenvalue weighted by atomic mass is 10.2. The molecule has 1 heterocycles. The molecule has 8 heteroatoms. The van der Waals surface area contributed by atoms with Crippen molar-refractivity contribution in [2.24, 2.45) is 4.99 Å². The molecule has 0 saturated carbocycles. The van der Waals surface area contributed by atoms with E-state index in [1.54, 1.807) is 7.05 Å². The van der Waals surface area contributed by atoms with Gasteiger partial charge in [-0.15, -0.1) is 24.0 Å². The van der Waals surface area contributed by atoms with Gasteiger partial charge in [-0.25, -0.2) is 0 Å². The molecule has 0 aliphatic carbocycles. The first kappa shape index (κ1) is 23.7.